The van der Waals surface area contributed by atoms with Gasteiger partial charge in [-0.25, -0.2) is 0 Å². The summed E-state index contributed by atoms with van der Waals surface area (Å²) in [6.45, 7) is 0. The van der Waals surface area contributed by atoms with Crippen molar-refractivity contribution < 1.29 is 0 Å². The molecule has 0 fully saturated rings. The normalized spacial score (nSPS) is 11.2. The molecule has 226 valence electrons. The summed E-state index contributed by atoms with van der Waals surface area (Å²) in [5.41, 5.74) is 10.7. The van der Waals surface area contributed by atoms with Crippen LogP contribution in [0.15, 0.2) is 164 Å². The minimum Gasteiger partial charge on any atom is -0.307 e. The fraction of sp³-hybridized carbons (Fsp3) is 0. The van der Waals surface area contributed by atoms with Crippen molar-refractivity contribution in [2.24, 2.45) is 0 Å². The summed E-state index contributed by atoms with van der Waals surface area (Å²) >= 11 is 0. The highest BCUT2D eigenvalue weighted by Crippen LogP contribution is 2.45. The van der Waals surface area contributed by atoms with Crippen molar-refractivity contribution in [2.75, 3.05) is 0 Å². The molecule has 3 heteroatoms. The summed E-state index contributed by atoms with van der Waals surface area (Å²) in [6, 6.07) is 61.5. The van der Waals surface area contributed by atoms with Gasteiger partial charge in [0.05, 0.1) is 33.9 Å². The Hall–Kier alpha value is -6.94. The third-order valence-corrected chi connectivity index (χ3v) is 9.64. The minimum atomic E-state index is 0.582. The Balaban J connectivity index is 1.33. The van der Waals surface area contributed by atoms with Crippen molar-refractivity contribution in [3.8, 4) is 51.2 Å². The Bertz CT molecular complexity index is 2790. The molecule has 0 unspecified atom stereocenters. The van der Waals surface area contributed by atoms with Crippen LogP contribution in [0.1, 0.15) is 11.1 Å². The highest BCUT2D eigenvalue weighted by atomic mass is 15.0. The third kappa shape index (κ3) is 4.42. The summed E-state index contributed by atoms with van der Waals surface area (Å²) in [6.07, 6.45) is 0. The number of fused-ring (bicyclic) bond motifs is 5. The van der Waals surface area contributed by atoms with Crippen molar-refractivity contribution in [2.45, 2.75) is 0 Å². The van der Waals surface area contributed by atoms with E-state index < -0.39 is 0 Å². The molecule has 0 radical (unpaired) electrons. The number of nitrogens with zero attached hydrogens (tertiary/aromatic N) is 3. The fourth-order valence-electron chi connectivity index (χ4n) is 7.59. The van der Waals surface area contributed by atoms with Crippen LogP contribution in [-0.4, -0.2) is 4.57 Å². The lowest BCUT2D eigenvalue weighted by Gasteiger charge is -2.19. The molecule has 3 nitrogen and oxygen atoms in total. The number of nitriles is 2. The van der Waals surface area contributed by atoms with Crippen molar-refractivity contribution in [3.05, 3.63) is 175 Å². The highest BCUT2D eigenvalue weighted by molar-refractivity contribution is 6.21. The van der Waals surface area contributed by atoms with Gasteiger partial charge in [0.25, 0.3) is 0 Å². The van der Waals surface area contributed by atoms with Crippen LogP contribution in [0.2, 0.25) is 0 Å². The van der Waals surface area contributed by atoms with Gasteiger partial charge in [0.1, 0.15) is 6.07 Å². The zero-order valence-corrected chi connectivity index (χ0v) is 26.4. The second-order valence-corrected chi connectivity index (χ2v) is 12.3. The van der Waals surface area contributed by atoms with Gasteiger partial charge in [0.2, 0.25) is 0 Å². The first kappa shape index (κ1) is 28.3. The van der Waals surface area contributed by atoms with Crippen molar-refractivity contribution >= 4 is 43.4 Å². The van der Waals surface area contributed by atoms with E-state index in [-0.39, 0.29) is 0 Å². The molecule has 9 aromatic rings. The maximum atomic E-state index is 10.5. The lowest BCUT2D eigenvalue weighted by molar-refractivity contribution is 1.17. The molecule has 0 saturated heterocycles. The van der Waals surface area contributed by atoms with Crippen LogP contribution < -0.4 is 0 Å². The van der Waals surface area contributed by atoms with Crippen LogP contribution in [0.4, 0.5) is 0 Å². The van der Waals surface area contributed by atoms with E-state index in [9.17, 15) is 10.5 Å². The maximum Gasteiger partial charge on any atom is 0.101 e. The van der Waals surface area contributed by atoms with E-state index in [2.05, 4.69) is 138 Å². The third-order valence-electron chi connectivity index (χ3n) is 9.64. The lowest BCUT2D eigenvalue weighted by atomic mass is 9.85. The summed E-state index contributed by atoms with van der Waals surface area (Å²) in [4.78, 5) is 0. The van der Waals surface area contributed by atoms with Crippen molar-refractivity contribution in [1.82, 2.24) is 4.57 Å². The van der Waals surface area contributed by atoms with Crippen LogP contribution in [0.5, 0.6) is 0 Å². The van der Waals surface area contributed by atoms with Gasteiger partial charge in [-0.2, -0.15) is 10.5 Å². The molecule has 0 saturated carbocycles. The largest absolute Gasteiger partial charge is 0.307 e. The summed E-state index contributed by atoms with van der Waals surface area (Å²) in [5.74, 6) is 0. The Morgan fingerprint density at radius 1 is 0.388 bits per heavy atom. The SMILES string of the molecule is N#Cc1ccc2c(c1)c1ccccc1n2-c1c(C#N)cccc1-c1cccc(-c2c3ccccc3c(-c3ccccc3)c3ccccc23)c1. The first-order chi connectivity index (χ1) is 24.2. The molecule has 0 spiro atoms. The predicted molar refractivity (Wildman–Crippen MR) is 202 cm³/mol. The van der Waals surface area contributed by atoms with Gasteiger partial charge in [-0.15, -0.1) is 0 Å². The zero-order valence-electron chi connectivity index (χ0n) is 26.4. The molecular formula is C46H27N3. The van der Waals surface area contributed by atoms with E-state index >= 15 is 0 Å². The molecule has 0 atom stereocenters. The van der Waals surface area contributed by atoms with Crippen LogP contribution >= 0.6 is 0 Å². The molecule has 1 aromatic heterocycles. The Morgan fingerprint density at radius 2 is 0.939 bits per heavy atom. The number of rotatable bonds is 4. The van der Waals surface area contributed by atoms with Gasteiger partial charge in [0, 0.05) is 16.3 Å². The molecule has 1 heterocycles. The number of hydrogen-bond acceptors (Lipinski definition) is 2. The van der Waals surface area contributed by atoms with E-state index in [1.54, 1.807) is 0 Å². The van der Waals surface area contributed by atoms with Crippen LogP contribution in [-0.2, 0) is 0 Å². The number of aromatic nitrogens is 1. The van der Waals surface area contributed by atoms with Crippen molar-refractivity contribution in [3.63, 3.8) is 0 Å². The van der Waals surface area contributed by atoms with E-state index in [0.29, 0.717) is 11.1 Å². The molecular weight excluding hydrogens is 595 g/mol. The fourth-order valence-corrected chi connectivity index (χ4v) is 7.59. The molecule has 0 amide bonds. The predicted octanol–water partition coefficient (Wildman–Crippen LogP) is 11.8. The molecule has 0 aliphatic carbocycles. The van der Waals surface area contributed by atoms with Crippen LogP contribution in [0.3, 0.4) is 0 Å². The molecule has 49 heavy (non-hydrogen) atoms. The van der Waals surface area contributed by atoms with E-state index in [1.807, 2.05) is 42.5 Å². The zero-order chi connectivity index (χ0) is 32.9. The summed E-state index contributed by atoms with van der Waals surface area (Å²) < 4.78 is 2.19. The number of para-hydroxylation sites is 2. The van der Waals surface area contributed by atoms with Crippen molar-refractivity contribution in [1.29, 1.82) is 10.5 Å². The highest BCUT2D eigenvalue weighted by Gasteiger charge is 2.21. The van der Waals surface area contributed by atoms with E-state index in [0.717, 1.165) is 44.2 Å². The maximum absolute atomic E-state index is 10.5. The van der Waals surface area contributed by atoms with Crippen LogP contribution in [0, 0.1) is 22.7 Å². The minimum absolute atomic E-state index is 0.582. The quantitative estimate of drug-likeness (QED) is 0.184. The molecule has 0 N–H and O–H groups in total. The first-order valence-corrected chi connectivity index (χ1v) is 16.3. The van der Waals surface area contributed by atoms with Crippen LogP contribution in [0.25, 0.3) is 82.4 Å². The summed E-state index contributed by atoms with van der Waals surface area (Å²) in [7, 11) is 0. The molecule has 8 aromatic carbocycles. The van der Waals surface area contributed by atoms with E-state index in [4.69, 9.17) is 0 Å². The molecule has 9 rings (SSSR count). The number of benzene rings is 8. The summed E-state index contributed by atoms with van der Waals surface area (Å²) in [5, 5.41) is 27.0. The Kier molecular flexibility index (Phi) is 6.58. The first-order valence-electron chi connectivity index (χ1n) is 16.3. The van der Waals surface area contributed by atoms with Gasteiger partial charge in [-0.1, -0.05) is 127 Å². The van der Waals surface area contributed by atoms with E-state index in [1.165, 1.54) is 38.2 Å². The molecule has 0 aliphatic heterocycles. The standard InChI is InChI=1S/C46H27N3/c47-28-30-24-25-43-41(26-30)36-17-8-9-23-42(36)49(43)46-34(29-48)16-11-22-35(46)32-14-10-15-33(27-32)45-39-20-6-4-18-37(39)44(31-12-2-1-3-13-31)38-19-5-7-21-40(38)45/h1-27H. The monoisotopic (exact) mass is 621 g/mol. The molecule has 0 aliphatic rings. The molecule has 0 bridgehead atoms. The second kappa shape index (κ2) is 11.4. The van der Waals surface area contributed by atoms with Gasteiger partial charge in [0.15, 0.2) is 0 Å². The Morgan fingerprint density at radius 3 is 1.61 bits per heavy atom. The second-order valence-electron chi connectivity index (χ2n) is 12.3. The van der Waals surface area contributed by atoms with Gasteiger partial charge in [-0.3, -0.25) is 0 Å². The van der Waals surface area contributed by atoms with Gasteiger partial charge >= 0.3 is 0 Å². The topological polar surface area (TPSA) is 52.5 Å². The van der Waals surface area contributed by atoms with Gasteiger partial charge < -0.3 is 4.57 Å². The number of hydrogen-bond donors (Lipinski definition) is 0. The lowest BCUT2D eigenvalue weighted by Crippen LogP contribution is -2.01. The smallest absolute Gasteiger partial charge is 0.101 e. The average Bonchev–Trinajstić information content (AvgIpc) is 3.50. The Labute approximate surface area is 283 Å². The van der Waals surface area contributed by atoms with Gasteiger partial charge in [-0.05, 0) is 85.8 Å². The average molecular weight is 622 g/mol.